The summed E-state index contributed by atoms with van der Waals surface area (Å²) in [5.41, 5.74) is 0.757. The molecule has 1 aliphatic rings. The van der Waals surface area contributed by atoms with Crippen molar-refractivity contribution in [2.75, 3.05) is 25.9 Å². The molecule has 2 rings (SSSR count). The first-order chi connectivity index (χ1) is 10.9. The molecule has 1 heterocycles. The van der Waals surface area contributed by atoms with Gasteiger partial charge in [-0.1, -0.05) is 30.3 Å². The molecule has 1 aliphatic heterocycles. The largest absolute Gasteiger partial charge is 0.480 e. The Morgan fingerprint density at radius 2 is 1.87 bits per heavy atom. The fourth-order valence-corrected chi connectivity index (χ4v) is 4.16. The second-order valence-corrected chi connectivity index (χ2v) is 8.15. The monoisotopic (exact) mass is 340 g/mol. The molecular formula is C16H24N2O4S. The molecule has 0 aromatic heterocycles. The zero-order valence-corrected chi connectivity index (χ0v) is 14.4. The number of carboxylic acid groups (broad SMARTS) is 1. The molecule has 1 atom stereocenters. The summed E-state index contributed by atoms with van der Waals surface area (Å²) >= 11 is 0. The molecule has 1 saturated heterocycles. The lowest BCUT2D eigenvalue weighted by Gasteiger charge is -2.38. The molecule has 23 heavy (non-hydrogen) atoms. The molecule has 6 nitrogen and oxygen atoms in total. The number of rotatable bonds is 6. The van der Waals surface area contributed by atoms with Gasteiger partial charge in [-0.15, -0.1) is 0 Å². The van der Waals surface area contributed by atoms with E-state index in [1.807, 2.05) is 35.2 Å². The van der Waals surface area contributed by atoms with E-state index in [0.717, 1.165) is 5.56 Å². The Kier molecular flexibility index (Phi) is 5.78. The van der Waals surface area contributed by atoms with Crippen LogP contribution < -0.4 is 0 Å². The van der Waals surface area contributed by atoms with Crippen LogP contribution in [0.25, 0.3) is 0 Å². The molecule has 0 saturated carbocycles. The molecule has 128 valence electrons. The van der Waals surface area contributed by atoms with Crippen molar-refractivity contribution in [3.8, 4) is 0 Å². The van der Waals surface area contributed by atoms with E-state index in [1.165, 1.54) is 4.31 Å². The smallest absolute Gasteiger partial charge is 0.325 e. The number of nitrogens with zero attached hydrogens (tertiary/aromatic N) is 2. The van der Waals surface area contributed by atoms with Crippen molar-refractivity contribution in [1.29, 1.82) is 0 Å². The van der Waals surface area contributed by atoms with Gasteiger partial charge in [-0.2, -0.15) is 0 Å². The summed E-state index contributed by atoms with van der Waals surface area (Å²) in [4.78, 5) is 13.6. The van der Waals surface area contributed by atoms with Crippen LogP contribution in [0.15, 0.2) is 30.3 Å². The first-order valence-corrected chi connectivity index (χ1v) is 9.45. The Hall–Kier alpha value is -1.44. The Labute approximate surface area is 137 Å². The van der Waals surface area contributed by atoms with Gasteiger partial charge >= 0.3 is 5.97 Å². The van der Waals surface area contributed by atoms with E-state index in [2.05, 4.69) is 0 Å². The Bertz CT molecular complexity index is 625. The maximum absolute atomic E-state index is 12.0. The van der Waals surface area contributed by atoms with E-state index in [1.54, 1.807) is 14.0 Å². The van der Waals surface area contributed by atoms with E-state index >= 15 is 0 Å². The minimum atomic E-state index is -3.21. The number of hydrogen-bond donors (Lipinski definition) is 1. The van der Waals surface area contributed by atoms with Gasteiger partial charge in [0, 0.05) is 26.2 Å². The van der Waals surface area contributed by atoms with E-state index in [0.29, 0.717) is 25.9 Å². The van der Waals surface area contributed by atoms with Crippen LogP contribution in [0.3, 0.4) is 0 Å². The van der Waals surface area contributed by atoms with Gasteiger partial charge in [-0.3, -0.25) is 9.69 Å². The van der Waals surface area contributed by atoms with Crippen molar-refractivity contribution >= 4 is 16.0 Å². The fourth-order valence-electron chi connectivity index (χ4n) is 3.08. The van der Waals surface area contributed by atoms with Gasteiger partial charge in [0.2, 0.25) is 10.0 Å². The van der Waals surface area contributed by atoms with Crippen LogP contribution >= 0.6 is 0 Å². The van der Waals surface area contributed by atoms with Gasteiger partial charge in [-0.25, -0.2) is 12.7 Å². The topological polar surface area (TPSA) is 77.9 Å². The summed E-state index contributed by atoms with van der Waals surface area (Å²) in [5, 5.41) is 9.57. The van der Waals surface area contributed by atoms with Gasteiger partial charge in [0.15, 0.2) is 0 Å². The minimum Gasteiger partial charge on any atom is -0.480 e. The van der Waals surface area contributed by atoms with E-state index < -0.39 is 22.0 Å². The maximum atomic E-state index is 12.0. The highest BCUT2D eigenvalue weighted by molar-refractivity contribution is 7.89. The first-order valence-electron chi connectivity index (χ1n) is 7.84. The second-order valence-electron chi connectivity index (χ2n) is 5.84. The first kappa shape index (κ1) is 17.9. The van der Waals surface area contributed by atoms with Crippen molar-refractivity contribution < 1.29 is 18.3 Å². The summed E-state index contributed by atoms with van der Waals surface area (Å²) in [6.45, 7) is 2.77. The lowest BCUT2D eigenvalue weighted by molar-refractivity contribution is -0.144. The molecule has 0 amide bonds. The minimum absolute atomic E-state index is 0.0542. The standard InChI is InChI=1S/C16H24N2O4S/c1-3-23(21,22)17(2)14-9-11-18(12-10-14)15(16(19)20)13-7-5-4-6-8-13/h4-8,14-15H,3,9-12H2,1-2H3,(H,19,20). The van der Waals surface area contributed by atoms with Crippen molar-refractivity contribution in [3.05, 3.63) is 35.9 Å². The lowest BCUT2D eigenvalue weighted by Crippen LogP contribution is -2.48. The quantitative estimate of drug-likeness (QED) is 0.850. The van der Waals surface area contributed by atoms with Gasteiger partial charge in [0.05, 0.1) is 5.75 Å². The molecule has 1 N–H and O–H groups in total. The number of hydrogen-bond acceptors (Lipinski definition) is 4. The van der Waals surface area contributed by atoms with Gasteiger partial charge in [0.1, 0.15) is 6.04 Å². The number of sulfonamides is 1. The fraction of sp³-hybridized carbons (Fsp3) is 0.562. The Balaban J connectivity index is 2.07. The number of likely N-dealkylation sites (tertiary alicyclic amines) is 1. The number of carboxylic acids is 1. The second kappa shape index (κ2) is 7.42. The highest BCUT2D eigenvalue weighted by Gasteiger charge is 2.34. The van der Waals surface area contributed by atoms with Crippen molar-refractivity contribution in [2.45, 2.75) is 31.8 Å². The van der Waals surface area contributed by atoms with Gasteiger partial charge < -0.3 is 5.11 Å². The van der Waals surface area contributed by atoms with Crippen LogP contribution in [0.1, 0.15) is 31.4 Å². The average Bonchev–Trinajstić information content (AvgIpc) is 2.55. The van der Waals surface area contributed by atoms with Crippen LogP contribution in [0, 0.1) is 0 Å². The summed E-state index contributed by atoms with van der Waals surface area (Å²) < 4.78 is 25.4. The molecule has 1 aromatic carbocycles. The Morgan fingerprint density at radius 1 is 1.30 bits per heavy atom. The molecule has 1 unspecified atom stereocenters. The van der Waals surface area contributed by atoms with Crippen LogP contribution in [0.2, 0.25) is 0 Å². The molecule has 1 aromatic rings. The zero-order valence-electron chi connectivity index (χ0n) is 13.6. The van der Waals surface area contributed by atoms with Crippen molar-refractivity contribution in [1.82, 2.24) is 9.21 Å². The summed E-state index contributed by atoms with van der Waals surface area (Å²) in [6, 6.07) is 8.43. The van der Waals surface area contributed by atoms with Crippen LogP contribution in [-0.4, -0.2) is 60.6 Å². The molecule has 0 radical (unpaired) electrons. The predicted molar refractivity (Wildman–Crippen MR) is 88.6 cm³/mol. The van der Waals surface area contributed by atoms with Crippen LogP contribution in [-0.2, 0) is 14.8 Å². The third-order valence-electron chi connectivity index (χ3n) is 4.53. The molecule has 7 heteroatoms. The van der Waals surface area contributed by atoms with Crippen LogP contribution in [0.4, 0.5) is 0 Å². The maximum Gasteiger partial charge on any atom is 0.325 e. The summed E-state index contributed by atoms with van der Waals surface area (Å²) in [7, 11) is -1.59. The molecule has 0 aliphatic carbocycles. The highest BCUT2D eigenvalue weighted by Crippen LogP contribution is 2.27. The lowest BCUT2D eigenvalue weighted by atomic mass is 9.99. The summed E-state index contributed by atoms with van der Waals surface area (Å²) in [6.07, 6.45) is 1.29. The van der Waals surface area contributed by atoms with Gasteiger partial charge in [-0.05, 0) is 25.3 Å². The Morgan fingerprint density at radius 3 is 2.35 bits per heavy atom. The molecule has 0 spiro atoms. The van der Waals surface area contributed by atoms with Crippen molar-refractivity contribution in [2.24, 2.45) is 0 Å². The van der Waals surface area contributed by atoms with Crippen molar-refractivity contribution in [3.63, 3.8) is 0 Å². The number of piperidine rings is 1. The molecule has 1 fully saturated rings. The van der Waals surface area contributed by atoms with E-state index in [-0.39, 0.29) is 11.8 Å². The van der Waals surface area contributed by atoms with E-state index in [9.17, 15) is 18.3 Å². The predicted octanol–water partition coefficient (Wildman–Crippen LogP) is 1.56. The normalized spacial score (nSPS) is 18.9. The van der Waals surface area contributed by atoms with Crippen LogP contribution in [0.5, 0.6) is 0 Å². The summed E-state index contributed by atoms with van der Waals surface area (Å²) in [5.74, 6) is -0.782. The van der Waals surface area contributed by atoms with Gasteiger partial charge in [0.25, 0.3) is 0 Å². The number of carbonyl (C=O) groups is 1. The number of aliphatic carboxylic acids is 1. The number of benzene rings is 1. The highest BCUT2D eigenvalue weighted by atomic mass is 32.2. The zero-order chi connectivity index (χ0) is 17.0. The molecular weight excluding hydrogens is 316 g/mol. The third kappa shape index (κ3) is 4.10. The SMILES string of the molecule is CCS(=O)(=O)N(C)C1CCN(C(C(=O)O)c2ccccc2)CC1. The van der Waals surface area contributed by atoms with E-state index in [4.69, 9.17) is 0 Å². The molecule has 0 bridgehead atoms. The average molecular weight is 340 g/mol. The third-order valence-corrected chi connectivity index (χ3v) is 6.44.